The number of aliphatic hydroxyl groups excluding tert-OH is 1. The van der Waals surface area contributed by atoms with Gasteiger partial charge in [-0.25, -0.2) is 0 Å². The van der Waals surface area contributed by atoms with E-state index < -0.39 is 33.4 Å². The van der Waals surface area contributed by atoms with Gasteiger partial charge in [-0.1, -0.05) is 24.3 Å². The summed E-state index contributed by atoms with van der Waals surface area (Å²) in [5.41, 5.74) is 0. The molecule has 8 heteroatoms. The SMILES string of the molecule is CC(C)N1CC=C[C@]23S[C@@]4(C)/C=C\CCCOC(=O)[C@H]4[C@H]2C(=O)N([C@H](C)CO)C3C1=O. The van der Waals surface area contributed by atoms with Crippen LogP contribution in [0.2, 0.25) is 0 Å². The van der Waals surface area contributed by atoms with Gasteiger partial charge in [0, 0.05) is 17.3 Å². The van der Waals surface area contributed by atoms with E-state index in [4.69, 9.17) is 4.74 Å². The number of likely N-dealkylation sites (tertiary alicyclic amines) is 1. The van der Waals surface area contributed by atoms with Gasteiger partial charge >= 0.3 is 5.97 Å². The molecule has 7 nitrogen and oxygen atoms in total. The van der Waals surface area contributed by atoms with Crippen LogP contribution < -0.4 is 0 Å². The van der Waals surface area contributed by atoms with Gasteiger partial charge in [0.15, 0.2) is 0 Å². The second-order valence-corrected chi connectivity index (χ2v) is 11.3. The molecule has 1 unspecified atom stereocenters. The molecular formula is C23H32N2O5S. The second kappa shape index (κ2) is 7.96. The molecule has 4 aliphatic heterocycles. The summed E-state index contributed by atoms with van der Waals surface area (Å²) in [6, 6.07) is -1.33. The van der Waals surface area contributed by atoms with Gasteiger partial charge in [0.2, 0.25) is 11.8 Å². The van der Waals surface area contributed by atoms with Crippen molar-refractivity contribution in [3.05, 3.63) is 24.3 Å². The Hall–Kier alpha value is -1.80. The number of carbonyl (C=O) groups is 3. The number of cyclic esters (lactones) is 1. The van der Waals surface area contributed by atoms with Gasteiger partial charge in [-0.15, -0.1) is 11.8 Å². The van der Waals surface area contributed by atoms with E-state index in [2.05, 4.69) is 6.08 Å². The number of thioether (sulfide) groups is 1. The van der Waals surface area contributed by atoms with Crippen molar-refractivity contribution in [2.24, 2.45) is 11.8 Å². The second-order valence-electron chi connectivity index (χ2n) is 9.47. The van der Waals surface area contributed by atoms with E-state index in [9.17, 15) is 19.5 Å². The third kappa shape index (κ3) is 3.25. The fraction of sp³-hybridized carbons (Fsp3) is 0.696. The summed E-state index contributed by atoms with van der Waals surface area (Å²) in [4.78, 5) is 44.2. The maximum atomic E-state index is 13.9. The van der Waals surface area contributed by atoms with Crippen molar-refractivity contribution in [1.29, 1.82) is 0 Å². The molecule has 2 fully saturated rings. The molecule has 0 aliphatic carbocycles. The van der Waals surface area contributed by atoms with Crippen molar-refractivity contribution in [1.82, 2.24) is 9.80 Å². The van der Waals surface area contributed by atoms with Crippen LogP contribution in [-0.4, -0.2) is 80.1 Å². The number of hydrogen-bond acceptors (Lipinski definition) is 6. The fourth-order valence-electron chi connectivity index (χ4n) is 5.62. The van der Waals surface area contributed by atoms with E-state index in [-0.39, 0.29) is 30.4 Å². The van der Waals surface area contributed by atoms with Gasteiger partial charge in [0.05, 0.1) is 35.8 Å². The maximum Gasteiger partial charge on any atom is 0.311 e. The minimum absolute atomic E-state index is 0.0308. The highest BCUT2D eigenvalue weighted by atomic mass is 32.2. The predicted molar refractivity (Wildman–Crippen MR) is 118 cm³/mol. The molecule has 0 bridgehead atoms. The lowest BCUT2D eigenvalue weighted by Gasteiger charge is -2.39. The number of esters is 1. The van der Waals surface area contributed by atoms with Crippen LogP contribution in [0.4, 0.5) is 0 Å². The van der Waals surface area contributed by atoms with Crippen molar-refractivity contribution >= 4 is 29.5 Å². The number of nitrogens with zero attached hydrogens (tertiary/aromatic N) is 2. The molecule has 4 rings (SSSR count). The van der Waals surface area contributed by atoms with E-state index in [1.54, 1.807) is 11.8 Å². The molecule has 0 aromatic carbocycles. The standard InChI is InChI=1S/C23H32N2O5S/c1-14(2)24-11-8-10-23-16(19(27)25(15(3)13-26)18(23)20(24)28)17-21(29)30-12-7-5-6-9-22(17,4)31-23/h6,8-10,14-18,26H,5,7,11-13H2,1-4H3/b9-6-/t15-,16+,17-,18?,22+,23+/m1/s1. The molecule has 0 radical (unpaired) electrons. The van der Waals surface area contributed by atoms with Gasteiger partial charge in [-0.05, 0) is 40.5 Å². The Morgan fingerprint density at radius 3 is 2.58 bits per heavy atom. The van der Waals surface area contributed by atoms with Crippen molar-refractivity contribution in [3.8, 4) is 0 Å². The highest BCUT2D eigenvalue weighted by Gasteiger charge is 2.74. The topological polar surface area (TPSA) is 87.2 Å². The quantitative estimate of drug-likeness (QED) is 0.523. The van der Waals surface area contributed by atoms with Crippen molar-refractivity contribution < 1.29 is 24.2 Å². The minimum atomic E-state index is -0.886. The van der Waals surface area contributed by atoms with Gasteiger partial charge in [0.25, 0.3) is 0 Å². The molecule has 1 spiro atoms. The van der Waals surface area contributed by atoms with Gasteiger partial charge in [-0.2, -0.15) is 0 Å². The average molecular weight is 449 g/mol. The Morgan fingerprint density at radius 1 is 1.16 bits per heavy atom. The first kappa shape index (κ1) is 22.4. The molecule has 2 saturated heterocycles. The molecule has 1 N–H and O–H groups in total. The predicted octanol–water partition coefficient (Wildman–Crippen LogP) is 1.75. The number of hydrogen-bond donors (Lipinski definition) is 1. The van der Waals surface area contributed by atoms with E-state index in [0.717, 1.165) is 12.8 Å². The van der Waals surface area contributed by atoms with Crippen LogP contribution in [0.25, 0.3) is 0 Å². The lowest BCUT2D eigenvalue weighted by atomic mass is 9.74. The minimum Gasteiger partial charge on any atom is -0.465 e. The van der Waals surface area contributed by atoms with Crippen LogP contribution in [0, 0.1) is 11.8 Å². The number of carbonyl (C=O) groups excluding carboxylic acids is 3. The Morgan fingerprint density at radius 2 is 1.90 bits per heavy atom. The van der Waals surface area contributed by atoms with Crippen molar-refractivity contribution in [3.63, 3.8) is 0 Å². The van der Waals surface area contributed by atoms with E-state index >= 15 is 0 Å². The first-order valence-electron chi connectivity index (χ1n) is 11.1. The van der Waals surface area contributed by atoms with Crippen molar-refractivity contribution in [2.45, 2.75) is 68.2 Å². The largest absolute Gasteiger partial charge is 0.465 e. The normalized spacial score (nSPS) is 39.8. The Balaban J connectivity index is 1.90. The molecule has 0 aromatic rings. The van der Waals surface area contributed by atoms with Crippen molar-refractivity contribution in [2.75, 3.05) is 19.8 Å². The molecule has 4 heterocycles. The maximum absolute atomic E-state index is 13.9. The molecule has 2 amide bonds. The molecule has 0 aromatic heterocycles. The van der Waals surface area contributed by atoms with Gasteiger partial charge in [-0.3, -0.25) is 14.4 Å². The summed E-state index contributed by atoms with van der Waals surface area (Å²) in [7, 11) is 0. The first-order chi connectivity index (χ1) is 14.7. The highest BCUT2D eigenvalue weighted by Crippen LogP contribution is 2.65. The third-order valence-electron chi connectivity index (χ3n) is 7.08. The molecule has 4 aliphatic rings. The fourth-order valence-corrected chi connectivity index (χ4v) is 7.76. The van der Waals surface area contributed by atoms with Gasteiger partial charge in [0.1, 0.15) is 6.04 Å². The molecule has 170 valence electrons. The molecule has 31 heavy (non-hydrogen) atoms. The summed E-state index contributed by atoms with van der Waals surface area (Å²) < 4.78 is 4.04. The van der Waals surface area contributed by atoms with Crippen LogP contribution in [0.1, 0.15) is 40.5 Å². The smallest absolute Gasteiger partial charge is 0.311 e. The summed E-state index contributed by atoms with van der Waals surface area (Å²) >= 11 is 1.53. The van der Waals surface area contributed by atoms with Gasteiger partial charge < -0.3 is 19.6 Å². The number of aliphatic hydroxyl groups is 1. The van der Waals surface area contributed by atoms with E-state index in [1.165, 1.54) is 16.7 Å². The third-order valence-corrected chi connectivity index (χ3v) is 8.88. The Labute approximate surface area is 187 Å². The number of fused-ring (bicyclic) bond motifs is 2. The summed E-state index contributed by atoms with van der Waals surface area (Å²) in [6.45, 7) is 8.17. The number of amides is 2. The van der Waals surface area contributed by atoms with Crippen LogP contribution in [0.15, 0.2) is 24.3 Å². The molecule has 0 saturated carbocycles. The summed E-state index contributed by atoms with van der Waals surface area (Å²) in [6.07, 6.45) is 9.60. The first-order valence-corrected chi connectivity index (χ1v) is 12.0. The highest BCUT2D eigenvalue weighted by molar-refractivity contribution is 8.02. The monoisotopic (exact) mass is 448 g/mol. The van der Waals surface area contributed by atoms with Crippen LogP contribution in [0.3, 0.4) is 0 Å². The van der Waals surface area contributed by atoms with Crippen LogP contribution in [-0.2, 0) is 19.1 Å². The molecule has 6 atom stereocenters. The van der Waals surface area contributed by atoms with E-state index in [0.29, 0.717) is 13.2 Å². The zero-order valence-corrected chi connectivity index (χ0v) is 19.4. The summed E-state index contributed by atoms with van der Waals surface area (Å²) in [5, 5.41) is 9.90. The Kier molecular flexibility index (Phi) is 5.75. The lowest BCUT2D eigenvalue weighted by molar-refractivity contribution is -0.154. The van der Waals surface area contributed by atoms with Crippen LogP contribution >= 0.6 is 11.8 Å². The summed E-state index contributed by atoms with van der Waals surface area (Å²) in [5.74, 6) is -2.17. The van der Waals surface area contributed by atoms with E-state index in [1.807, 2.05) is 39.0 Å². The Bertz CT molecular complexity index is 842. The molecular weight excluding hydrogens is 416 g/mol. The number of rotatable bonds is 3. The zero-order chi connectivity index (χ0) is 22.6. The number of allylic oxidation sites excluding steroid dienone is 1. The lowest BCUT2D eigenvalue weighted by Crippen LogP contribution is -2.57. The van der Waals surface area contributed by atoms with Crippen LogP contribution in [0.5, 0.6) is 0 Å². The average Bonchev–Trinajstić information content (AvgIpc) is 3.07. The zero-order valence-electron chi connectivity index (χ0n) is 18.6. The number of ether oxygens (including phenoxy) is 1.